The summed E-state index contributed by atoms with van der Waals surface area (Å²) < 4.78 is 0. The molecule has 6 heteroatoms. The van der Waals surface area contributed by atoms with Gasteiger partial charge < -0.3 is 15.6 Å². The van der Waals surface area contributed by atoms with Gasteiger partial charge in [0.1, 0.15) is 5.00 Å². The summed E-state index contributed by atoms with van der Waals surface area (Å²) in [5.41, 5.74) is 4.47. The van der Waals surface area contributed by atoms with E-state index in [2.05, 4.69) is 39.9 Å². The van der Waals surface area contributed by atoms with Crippen molar-refractivity contribution in [2.45, 2.75) is 5.92 Å². The van der Waals surface area contributed by atoms with Crippen LogP contribution in [0.3, 0.4) is 0 Å². The monoisotopic (exact) mass is 439 g/mol. The number of carbonyl (C=O) groups is 2. The van der Waals surface area contributed by atoms with Gasteiger partial charge in [0.05, 0.1) is 10.5 Å². The molecule has 2 aromatic carbocycles. The normalized spacial score (nSPS) is 13.9. The third kappa shape index (κ3) is 4.00. The van der Waals surface area contributed by atoms with Crippen molar-refractivity contribution in [1.82, 2.24) is 10.3 Å². The highest BCUT2D eigenvalue weighted by Gasteiger charge is 2.29. The van der Waals surface area contributed by atoms with E-state index < -0.39 is 0 Å². The number of thiophene rings is 1. The van der Waals surface area contributed by atoms with E-state index in [1.54, 1.807) is 12.1 Å². The summed E-state index contributed by atoms with van der Waals surface area (Å²) in [6.45, 7) is 0.479. The van der Waals surface area contributed by atoms with Crippen molar-refractivity contribution in [3.63, 3.8) is 0 Å². The van der Waals surface area contributed by atoms with Crippen LogP contribution in [0.4, 0.5) is 5.00 Å². The standard InChI is InChI=1S/C26H21N3O2S/c30-24-20(14-19-12-7-13-27-19)21-15-23(32-26(21)29-24)25(31)28-16-22(17-8-3-1-4-9-17)18-10-5-2-6-11-18/h1-15,22,27H,16H2,(H,28,31)(H,29,30)/b20-14+. The second-order valence-corrected chi connectivity index (χ2v) is 8.63. The highest BCUT2D eigenvalue weighted by atomic mass is 32.1. The van der Waals surface area contributed by atoms with Crippen LogP contribution in [0.15, 0.2) is 85.1 Å². The van der Waals surface area contributed by atoms with Crippen molar-refractivity contribution in [2.75, 3.05) is 11.9 Å². The van der Waals surface area contributed by atoms with Gasteiger partial charge in [0, 0.05) is 29.9 Å². The van der Waals surface area contributed by atoms with Crippen LogP contribution >= 0.6 is 11.3 Å². The molecule has 158 valence electrons. The summed E-state index contributed by atoms with van der Waals surface area (Å²) in [7, 11) is 0. The van der Waals surface area contributed by atoms with Crippen LogP contribution in [0.2, 0.25) is 0 Å². The molecule has 4 aromatic rings. The molecule has 5 nitrogen and oxygen atoms in total. The number of carbonyl (C=O) groups excluding carboxylic acids is 2. The maximum atomic E-state index is 13.0. The van der Waals surface area contributed by atoms with Crippen LogP contribution in [0.5, 0.6) is 0 Å². The molecular weight excluding hydrogens is 418 g/mol. The SMILES string of the molecule is O=C1Nc2sc(C(=O)NCC(c3ccccc3)c3ccccc3)cc2/C1=C\c1ccc[nH]1. The summed E-state index contributed by atoms with van der Waals surface area (Å²) in [6.07, 6.45) is 3.61. The Hall–Kier alpha value is -3.90. The lowest BCUT2D eigenvalue weighted by molar-refractivity contribution is -0.110. The molecule has 0 spiro atoms. The Labute approximate surface area is 189 Å². The Morgan fingerprint density at radius 3 is 2.28 bits per heavy atom. The maximum Gasteiger partial charge on any atom is 0.261 e. The molecule has 0 aliphatic carbocycles. The van der Waals surface area contributed by atoms with Crippen molar-refractivity contribution in [1.29, 1.82) is 0 Å². The molecule has 3 heterocycles. The lowest BCUT2D eigenvalue weighted by atomic mass is 9.91. The summed E-state index contributed by atoms with van der Waals surface area (Å²) in [4.78, 5) is 29.0. The average molecular weight is 440 g/mol. The van der Waals surface area contributed by atoms with Gasteiger partial charge in [-0.2, -0.15) is 0 Å². The van der Waals surface area contributed by atoms with E-state index in [9.17, 15) is 9.59 Å². The molecule has 0 atom stereocenters. The van der Waals surface area contributed by atoms with Crippen molar-refractivity contribution in [3.8, 4) is 0 Å². The first-order chi connectivity index (χ1) is 15.7. The first-order valence-electron chi connectivity index (χ1n) is 10.4. The number of aromatic amines is 1. The molecular formula is C26H21N3O2S. The average Bonchev–Trinajstić information content (AvgIpc) is 3.54. The number of anilines is 1. The van der Waals surface area contributed by atoms with Gasteiger partial charge in [-0.1, -0.05) is 60.7 Å². The van der Waals surface area contributed by atoms with Crippen LogP contribution in [-0.2, 0) is 4.79 Å². The Bertz CT molecular complexity index is 1240. The highest BCUT2D eigenvalue weighted by Crippen LogP contribution is 2.39. The van der Waals surface area contributed by atoms with Gasteiger partial charge in [0.2, 0.25) is 0 Å². The van der Waals surface area contributed by atoms with Gasteiger partial charge in [-0.25, -0.2) is 0 Å². The smallest absolute Gasteiger partial charge is 0.261 e. The van der Waals surface area contributed by atoms with Crippen LogP contribution in [-0.4, -0.2) is 23.3 Å². The van der Waals surface area contributed by atoms with Gasteiger partial charge in [-0.3, -0.25) is 9.59 Å². The van der Waals surface area contributed by atoms with Gasteiger partial charge in [0.25, 0.3) is 11.8 Å². The number of hydrogen-bond acceptors (Lipinski definition) is 3. The number of nitrogens with one attached hydrogen (secondary N) is 3. The predicted octanol–water partition coefficient (Wildman–Crippen LogP) is 5.13. The lowest BCUT2D eigenvalue weighted by Crippen LogP contribution is -2.28. The summed E-state index contributed by atoms with van der Waals surface area (Å²) in [6, 6.07) is 25.9. The minimum Gasteiger partial charge on any atom is -0.362 e. The maximum absolute atomic E-state index is 13.0. The number of H-pyrrole nitrogens is 1. The molecule has 2 aromatic heterocycles. The van der Waals surface area contributed by atoms with Crippen LogP contribution < -0.4 is 10.6 Å². The first kappa shape index (κ1) is 20.0. The van der Waals surface area contributed by atoms with Gasteiger partial charge in [-0.15, -0.1) is 11.3 Å². The van der Waals surface area contributed by atoms with E-state index in [0.29, 0.717) is 22.0 Å². The third-order valence-corrected chi connectivity index (χ3v) is 6.56. The molecule has 1 aliphatic rings. The van der Waals surface area contributed by atoms with Crippen LogP contribution in [0.25, 0.3) is 11.6 Å². The molecule has 0 bridgehead atoms. The molecule has 3 N–H and O–H groups in total. The third-order valence-electron chi connectivity index (χ3n) is 5.51. The second kappa shape index (κ2) is 8.69. The van der Waals surface area contributed by atoms with E-state index in [-0.39, 0.29) is 17.7 Å². The highest BCUT2D eigenvalue weighted by molar-refractivity contribution is 7.18. The van der Waals surface area contributed by atoms with Crippen molar-refractivity contribution in [2.24, 2.45) is 0 Å². The molecule has 32 heavy (non-hydrogen) atoms. The summed E-state index contributed by atoms with van der Waals surface area (Å²) >= 11 is 1.30. The number of fused-ring (bicyclic) bond motifs is 1. The zero-order chi connectivity index (χ0) is 21.9. The molecule has 0 unspecified atom stereocenters. The van der Waals surface area contributed by atoms with Crippen molar-refractivity contribution >= 4 is 39.8 Å². The predicted molar refractivity (Wildman–Crippen MR) is 129 cm³/mol. The zero-order valence-corrected chi connectivity index (χ0v) is 18.0. The zero-order valence-electron chi connectivity index (χ0n) is 17.2. The number of amides is 2. The minimum atomic E-state index is -0.152. The van der Waals surface area contributed by atoms with Crippen LogP contribution in [0.1, 0.15) is 38.0 Å². The summed E-state index contributed by atoms with van der Waals surface area (Å²) in [5, 5.41) is 6.67. The second-order valence-electron chi connectivity index (χ2n) is 7.58. The fourth-order valence-electron chi connectivity index (χ4n) is 3.90. The Kier molecular flexibility index (Phi) is 5.44. The molecule has 0 saturated heterocycles. The van der Waals surface area contributed by atoms with Gasteiger partial charge in [-0.05, 0) is 35.4 Å². The number of hydrogen-bond donors (Lipinski definition) is 3. The molecule has 0 fully saturated rings. The molecule has 0 saturated carbocycles. The quantitative estimate of drug-likeness (QED) is 0.364. The Morgan fingerprint density at radius 2 is 1.66 bits per heavy atom. The first-order valence-corrected chi connectivity index (χ1v) is 11.2. The Balaban J connectivity index is 1.36. The molecule has 2 amide bonds. The van der Waals surface area contributed by atoms with Crippen molar-refractivity contribution < 1.29 is 9.59 Å². The minimum absolute atomic E-state index is 0.0520. The number of aromatic nitrogens is 1. The van der Waals surface area contributed by atoms with E-state index in [4.69, 9.17) is 0 Å². The molecule has 1 aliphatic heterocycles. The lowest BCUT2D eigenvalue weighted by Gasteiger charge is -2.18. The van der Waals surface area contributed by atoms with Gasteiger partial charge >= 0.3 is 0 Å². The van der Waals surface area contributed by atoms with Crippen LogP contribution in [0, 0.1) is 0 Å². The number of rotatable bonds is 6. The number of benzene rings is 2. The summed E-state index contributed by atoms with van der Waals surface area (Å²) in [5.74, 6) is -0.244. The van der Waals surface area contributed by atoms with Gasteiger partial charge in [0.15, 0.2) is 0 Å². The van der Waals surface area contributed by atoms with Crippen molar-refractivity contribution in [3.05, 3.63) is 112 Å². The Morgan fingerprint density at radius 1 is 0.969 bits per heavy atom. The van der Waals surface area contributed by atoms with E-state index in [1.807, 2.05) is 54.7 Å². The van der Waals surface area contributed by atoms with E-state index >= 15 is 0 Å². The fourth-order valence-corrected chi connectivity index (χ4v) is 4.89. The topological polar surface area (TPSA) is 74.0 Å². The molecule has 0 radical (unpaired) electrons. The van der Waals surface area contributed by atoms with E-state index in [0.717, 1.165) is 22.4 Å². The fraction of sp³-hybridized carbons (Fsp3) is 0.0769. The van der Waals surface area contributed by atoms with E-state index in [1.165, 1.54) is 11.3 Å². The molecule has 5 rings (SSSR count). The largest absolute Gasteiger partial charge is 0.362 e.